The van der Waals surface area contributed by atoms with Crippen LogP contribution < -0.4 is 16.1 Å². The predicted octanol–water partition coefficient (Wildman–Crippen LogP) is 4.58. The number of para-hydroxylation sites is 1. The number of halogens is 1. The molecule has 2 aromatic carbocycles. The summed E-state index contributed by atoms with van der Waals surface area (Å²) in [5, 5.41) is 11.9. The van der Waals surface area contributed by atoms with Gasteiger partial charge in [0.05, 0.1) is 23.8 Å². The molecule has 0 fully saturated rings. The third-order valence-electron chi connectivity index (χ3n) is 5.01. The molecule has 0 bridgehead atoms. The van der Waals surface area contributed by atoms with Crippen LogP contribution in [0.1, 0.15) is 5.82 Å². The number of aromatic amines is 1. The van der Waals surface area contributed by atoms with Gasteiger partial charge in [0.15, 0.2) is 5.82 Å². The second-order valence-electron chi connectivity index (χ2n) is 6.99. The fourth-order valence-electron chi connectivity index (χ4n) is 3.46. The summed E-state index contributed by atoms with van der Waals surface area (Å²) in [6.45, 7) is 0. The molecule has 3 N–H and O–H groups in total. The van der Waals surface area contributed by atoms with Gasteiger partial charge in [-0.1, -0.05) is 53.7 Å². The Labute approximate surface area is 201 Å². The zero-order valence-electron chi connectivity index (χ0n) is 17.3. The Balaban J connectivity index is 1.42. The number of aromatic nitrogens is 5. The summed E-state index contributed by atoms with van der Waals surface area (Å²) in [6, 6.07) is 14.9. The molecule has 5 rings (SSSR count). The van der Waals surface area contributed by atoms with E-state index in [9.17, 15) is 4.79 Å². The molecule has 0 saturated carbocycles. The fraction of sp³-hybridized carbons (Fsp3) is 0.0909. The predicted molar refractivity (Wildman–Crippen MR) is 132 cm³/mol. The molecule has 0 saturated heterocycles. The van der Waals surface area contributed by atoms with E-state index < -0.39 is 0 Å². The number of nitrogens with one attached hydrogen (secondary N) is 1. The Morgan fingerprint density at radius 1 is 1.12 bits per heavy atom. The van der Waals surface area contributed by atoms with Gasteiger partial charge in [0, 0.05) is 21.5 Å². The number of methoxy groups -OCH3 is 1. The first kappa shape index (κ1) is 21.5. The summed E-state index contributed by atoms with van der Waals surface area (Å²) >= 11 is 9.06. The topological polar surface area (TPSA) is 112 Å². The van der Waals surface area contributed by atoms with Crippen molar-refractivity contribution in [2.75, 3.05) is 13.0 Å². The molecule has 0 unspecified atom stereocenters. The first-order valence-corrected chi connectivity index (χ1v) is 12.0. The number of H-pyrrole nitrogens is 1. The number of nitrogens with zero attached hydrogens (tertiary/aromatic N) is 4. The van der Waals surface area contributed by atoms with Crippen molar-refractivity contribution in [1.82, 2.24) is 24.8 Å². The largest absolute Gasteiger partial charge is 0.496 e. The molecule has 0 radical (unpaired) electrons. The van der Waals surface area contributed by atoms with Crippen LogP contribution in [0.15, 0.2) is 63.9 Å². The Kier molecular flexibility index (Phi) is 5.79. The third-order valence-corrected chi connectivity index (χ3v) is 7.16. The van der Waals surface area contributed by atoms with Gasteiger partial charge in [-0.05, 0) is 18.2 Å². The number of rotatable bonds is 6. The first-order chi connectivity index (χ1) is 16.1. The van der Waals surface area contributed by atoms with Crippen molar-refractivity contribution in [3.05, 3.63) is 75.1 Å². The maximum Gasteiger partial charge on any atom is 0.260 e. The molecule has 166 valence electrons. The molecular weight excluding hydrogens is 480 g/mol. The van der Waals surface area contributed by atoms with E-state index in [1.165, 1.54) is 27.8 Å². The SMILES string of the molecule is COc1ccccc1-c1nnc(SCc2nc3scc(-c4ccccc4Cl)c3c(=O)[nH]2)n1N. The third kappa shape index (κ3) is 3.97. The van der Waals surface area contributed by atoms with Crippen molar-refractivity contribution >= 4 is 44.9 Å². The molecule has 3 heterocycles. The number of fused-ring (bicyclic) bond motifs is 1. The van der Waals surface area contributed by atoms with E-state index in [0.717, 1.165) is 16.7 Å². The normalized spacial score (nSPS) is 11.2. The van der Waals surface area contributed by atoms with Crippen LogP contribution in [0.25, 0.3) is 32.7 Å². The molecule has 33 heavy (non-hydrogen) atoms. The van der Waals surface area contributed by atoms with Gasteiger partial charge in [-0.2, -0.15) is 0 Å². The number of nitrogens with two attached hydrogens (primary N) is 1. The second kappa shape index (κ2) is 8.89. The monoisotopic (exact) mass is 496 g/mol. The lowest BCUT2D eigenvalue weighted by Crippen LogP contribution is -2.13. The van der Waals surface area contributed by atoms with E-state index in [1.807, 2.05) is 47.8 Å². The highest BCUT2D eigenvalue weighted by atomic mass is 35.5. The minimum Gasteiger partial charge on any atom is -0.496 e. The van der Waals surface area contributed by atoms with Crippen molar-refractivity contribution in [3.63, 3.8) is 0 Å². The maximum absolute atomic E-state index is 12.9. The van der Waals surface area contributed by atoms with Gasteiger partial charge in [0.1, 0.15) is 16.4 Å². The van der Waals surface area contributed by atoms with Gasteiger partial charge >= 0.3 is 0 Å². The number of hydrogen-bond donors (Lipinski definition) is 2. The quantitative estimate of drug-likeness (QED) is 0.261. The van der Waals surface area contributed by atoms with E-state index in [2.05, 4.69) is 20.2 Å². The molecule has 5 aromatic rings. The minimum absolute atomic E-state index is 0.212. The maximum atomic E-state index is 12.9. The van der Waals surface area contributed by atoms with Gasteiger partial charge in [0.2, 0.25) is 5.16 Å². The molecule has 8 nitrogen and oxygen atoms in total. The summed E-state index contributed by atoms with van der Waals surface area (Å²) < 4.78 is 6.79. The Morgan fingerprint density at radius 2 is 1.88 bits per heavy atom. The smallest absolute Gasteiger partial charge is 0.260 e. The molecule has 0 amide bonds. The number of hydrogen-bond acceptors (Lipinski definition) is 8. The number of thioether (sulfide) groups is 1. The summed E-state index contributed by atoms with van der Waals surface area (Å²) in [5.41, 5.74) is 2.10. The van der Waals surface area contributed by atoms with Crippen molar-refractivity contribution in [2.24, 2.45) is 0 Å². The molecule has 0 aliphatic carbocycles. The van der Waals surface area contributed by atoms with Crippen molar-refractivity contribution in [1.29, 1.82) is 0 Å². The summed E-state index contributed by atoms with van der Waals surface area (Å²) in [5.74, 6) is 8.26. The Morgan fingerprint density at radius 3 is 2.67 bits per heavy atom. The summed E-state index contributed by atoms with van der Waals surface area (Å²) in [6.07, 6.45) is 0. The average molecular weight is 497 g/mol. The fourth-order valence-corrected chi connectivity index (χ4v) is 5.38. The highest BCUT2D eigenvalue weighted by molar-refractivity contribution is 7.98. The van der Waals surface area contributed by atoms with Gasteiger partial charge < -0.3 is 15.6 Å². The number of benzene rings is 2. The highest BCUT2D eigenvalue weighted by Crippen LogP contribution is 2.35. The van der Waals surface area contributed by atoms with Crippen molar-refractivity contribution in [2.45, 2.75) is 10.9 Å². The number of thiophene rings is 1. The molecule has 0 spiro atoms. The first-order valence-electron chi connectivity index (χ1n) is 9.78. The van der Waals surface area contributed by atoms with Crippen LogP contribution >= 0.6 is 34.7 Å². The molecular formula is C22H17ClN6O2S2. The zero-order valence-corrected chi connectivity index (χ0v) is 19.7. The second-order valence-corrected chi connectivity index (χ2v) is 9.19. The van der Waals surface area contributed by atoms with Crippen LogP contribution in [0.4, 0.5) is 0 Å². The molecule has 0 aliphatic heterocycles. The molecule has 3 aromatic heterocycles. The van der Waals surface area contributed by atoms with Gasteiger partial charge in [-0.3, -0.25) is 4.79 Å². The van der Waals surface area contributed by atoms with Crippen molar-refractivity contribution in [3.8, 4) is 28.3 Å². The highest BCUT2D eigenvalue weighted by Gasteiger charge is 2.18. The van der Waals surface area contributed by atoms with E-state index in [-0.39, 0.29) is 5.56 Å². The van der Waals surface area contributed by atoms with E-state index >= 15 is 0 Å². The minimum atomic E-state index is -0.212. The van der Waals surface area contributed by atoms with Crippen LogP contribution in [-0.4, -0.2) is 32.0 Å². The lowest BCUT2D eigenvalue weighted by molar-refractivity contribution is 0.416. The zero-order chi connectivity index (χ0) is 22.9. The van der Waals surface area contributed by atoms with Crippen LogP contribution in [0, 0.1) is 0 Å². The molecule has 11 heteroatoms. The Bertz CT molecular complexity index is 1530. The molecule has 0 aliphatic rings. The van der Waals surface area contributed by atoms with Crippen molar-refractivity contribution < 1.29 is 4.74 Å². The van der Waals surface area contributed by atoms with Gasteiger partial charge in [-0.15, -0.1) is 21.5 Å². The lowest BCUT2D eigenvalue weighted by atomic mass is 10.1. The Hall–Kier alpha value is -3.34. The number of ether oxygens (including phenoxy) is 1. The van der Waals surface area contributed by atoms with Crippen LogP contribution in [0.3, 0.4) is 0 Å². The lowest BCUT2D eigenvalue weighted by Gasteiger charge is -2.07. The van der Waals surface area contributed by atoms with Gasteiger partial charge in [-0.25, -0.2) is 9.66 Å². The molecule has 0 atom stereocenters. The van der Waals surface area contributed by atoms with E-state index in [4.69, 9.17) is 22.2 Å². The van der Waals surface area contributed by atoms with Crippen LogP contribution in [0.5, 0.6) is 5.75 Å². The standard InChI is InChI=1S/C22H17ClN6O2S2/c1-31-16-9-5-3-7-13(16)19-27-28-22(29(19)24)33-11-17-25-20(30)18-14(10-32-21(18)26-17)12-6-2-4-8-15(12)23/h2-10H,11,24H2,1H3,(H,25,26,30). The number of nitrogen functional groups attached to an aromatic ring is 1. The van der Waals surface area contributed by atoms with E-state index in [1.54, 1.807) is 13.2 Å². The average Bonchev–Trinajstić information content (AvgIpc) is 3.41. The van der Waals surface area contributed by atoms with E-state index in [0.29, 0.717) is 43.5 Å². The summed E-state index contributed by atoms with van der Waals surface area (Å²) in [4.78, 5) is 21.0. The summed E-state index contributed by atoms with van der Waals surface area (Å²) in [7, 11) is 1.59. The van der Waals surface area contributed by atoms with Gasteiger partial charge in [0.25, 0.3) is 5.56 Å². The van der Waals surface area contributed by atoms with Crippen LogP contribution in [0.2, 0.25) is 5.02 Å². The van der Waals surface area contributed by atoms with Crippen LogP contribution in [-0.2, 0) is 5.75 Å².